The van der Waals surface area contributed by atoms with Gasteiger partial charge in [-0.3, -0.25) is 0 Å². The van der Waals surface area contributed by atoms with Crippen molar-refractivity contribution < 1.29 is 4.74 Å². The summed E-state index contributed by atoms with van der Waals surface area (Å²) in [5.74, 6) is 1.82. The molecule has 1 aliphatic rings. The van der Waals surface area contributed by atoms with E-state index in [-0.39, 0.29) is 0 Å². The van der Waals surface area contributed by atoms with Gasteiger partial charge in [0, 0.05) is 19.6 Å². The van der Waals surface area contributed by atoms with Gasteiger partial charge >= 0.3 is 0 Å². The number of ether oxygens (including phenoxy) is 1. The Morgan fingerprint density at radius 1 is 1.47 bits per heavy atom. The quantitative estimate of drug-likeness (QED) is 0.900. The molecule has 1 N–H and O–H groups in total. The van der Waals surface area contributed by atoms with Crippen LogP contribution < -0.4 is 10.2 Å². The highest BCUT2D eigenvalue weighted by atomic mass is 79.9. The summed E-state index contributed by atoms with van der Waals surface area (Å²) in [5.41, 5.74) is 0. The smallest absolute Gasteiger partial charge is 0.148 e. The van der Waals surface area contributed by atoms with Crippen LogP contribution in [0.5, 0.6) is 0 Å². The third-order valence-corrected chi connectivity index (χ3v) is 3.94. The molecule has 0 radical (unpaired) electrons. The second-order valence-electron chi connectivity index (χ2n) is 4.63. The molecule has 1 saturated heterocycles. The summed E-state index contributed by atoms with van der Waals surface area (Å²) < 4.78 is 6.64. The molecular formula is C13H21BrN4O. The van der Waals surface area contributed by atoms with Gasteiger partial charge in [0.25, 0.3) is 0 Å². The molecular weight excluding hydrogens is 308 g/mol. The maximum Gasteiger partial charge on any atom is 0.148 e. The molecule has 5 nitrogen and oxygen atoms in total. The van der Waals surface area contributed by atoms with Crippen LogP contribution >= 0.6 is 15.9 Å². The van der Waals surface area contributed by atoms with Gasteiger partial charge in [0.1, 0.15) is 22.4 Å². The Morgan fingerprint density at radius 3 is 3.05 bits per heavy atom. The van der Waals surface area contributed by atoms with E-state index in [1.807, 2.05) is 0 Å². The Labute approximate surface area is 122 Å². The number of nitrogens with zero attached hydrogens (tertiary/aromatic N) is 3. The van der Waals surface area contributed by atoms with E-state index >= 15 is 0 Å². The lowest BCUT2D eigenvalue weighted by Gasteiger charge is -2.33. The van der Waals surface area contributed by atoms with Crippen molar-refractivity contribution in [1.82, 2.24) is 9.97 Å². The molecule has 6 heteroatoms. The van der Waals surface area contributed by atoms with Crippen molar-refractivity contribution in [3.63, 3.8) is 0 Å². The van der Waals surface area contributed by atoms with Gasteiger partial charge in [0.15, 0.2) is 0 Å². The third-order valence-electron chi connectivity index (χ3n) is 3.21. The fraction of sp³-hybridized carbons (Fsp3) is 0.692. The molecule has 2 heterocycles. The Kier molecular flexibility index (Phi) is 5.39. The number of anilines is 2. The maximum atomic E-state index is 5.70. The fourth-order valence-corrected chi connectivity index (χ4v) is 2.70. The van der Waals surface area contributed by atoms with Gasteiger partial charge in [-0.25, -0.2) is 9.97 Å². The third kappa shape index (κ3) is 3.57. The second-order valence-corrected chi connectivity index (χ2v) is 5.43. The summed E-state index contributed by atoms with van der Waals surface area (Å²) in [5, 5.41) is 3.31. The average Bonchev–Trinajstić information content (AvgIpc) is 2.46. The van der Waals surface area contributed by atoms with E-state index in [4.69, 9.17) is 4.74 Å². The minimum absolute atomic E-state index is 0.294. The van der Waals surface area contributed by atoms with Crippen molar-refractivity contribution in [2.24, 2.45) is 0 Å². The molecule has 106 valence electrons. The summed E-state index contributed by atoms with van der Waals surface area (Å²) in [7, 11) is 0. The molecule has 0 spiro atoms. The number of halogens is 1. The van der Waals surface area contributed by atoms with Crippen LogP contribution in [0.3, 0.4) is 0 Å². The zero-order valence-electron chi connectivity index (χ0n) is 11.5. The lowest BCUT2D eigenvalue weighted by atomic mass is 10.2. The van der Waals surface area contributed by atoms with E-state index in [1.54, 1.807) is 6.33 Å². The molecule has 0 aliphatic carbocycles. The lowest BCUT2D eigenvalue weighted by molar-refractivity contribution is 0.0381. The van der Waals surface area contributed by atoms with E-state index in [1.165, 1.54) is 0 Å². The standard InChI is InChI=1S/C13H21BrN4O/c1-3-5-15-12-11(14)13(17-9-16-12)18-6-7-19-10(4-2)8-18/h9-10H,3-8H2,1-2H3,(H,15,16,17). The Morgan fingerprint density at radius 2 is 2.32 bits per heavy atom. The van der Waals surface area contributed by atoms with Gasteiger partial charge in [-0.15, -0.1) is 0 Å². The van der Waals surface area contributed by atoms with Crippen LogP contribution in [0, 0.1) is 0 Å². The van der Waals surface area contributed by atoms with Crippen molar-refractivity contribution in [2.75, 3.05) is 36.5 Å². The fourth-order valence-electron chi connectivity index (χ4n) is 2.11. The van der Waals surface area contributed by atoms with Crippen molar-refractivity contribution in [3.8, 4) is 0 Å². The number of nitrogens with one attached hydrogen (secondary N) is 1. The number of rotatable bonds is 5. The summed E-state index contributed by atoms with van der Waals surface area (Å²) in [6.45, 7) is 7.72. The summed E-state index contributed by atoms with van der Waals surface area (Å²) in [6, 6.07) is 0. The second kappa shape index (κ2) is 7.05. The minimum atomic E-state index is 0.294. The van der Waals surface area contributed by atoms with Crippen molar-refractivity contribution >= 4 is 27.6 Å². The molecule has 0 saturated carbocycles. The topological polar surface area (TPSA) is 50.3 Å². The molecule has 1 fully saturated rings. The molecule has 1 unspecified atom stereocenters. The van der Waals surface area contributed by atoms with Gasteiger partial charge in [0.2, 0.25) is 0 Å². The summed E-state index contributed by atoms with van der Waals surface area (Å²) in [4.78, 5) is 11.0. The normalized spacial score (nSPS) is 19.5. The van der Waals surface area contributed by atoms with Crippen LogP contribution in [-0.2, 0) is 4.74 Å². The molecule has 2 rings (SSSR count). The van der Waals surface area contributed by atoms with Gasteiger partial charge in [-0.1, -0.05) is 13.8 Å². The van der Waals surface area contributed by atoms with Gasteiger partial charge in [-0.05, 0) is 28.8 Å². The number of hydrogen-bond acceptors (Lipinski definition) is 5. The van der Waals surface area contributed by atoms with Crippen molar-refractivity contribution in [2.45, 2.75) is 32.8 Å². The van der Waals surface area contributed by atoms with Gasteiger partial charge in [0.05, 0.1) is 12.7 Å². The molecule has 0 aromatic carbocycles. The lowest BCUT2D eigenvalue weighted by Crippen LogP contribution is -2.42. The molecule has 19 heavy (non-hydrogen) atoms. The van der Waals surface area contributed by atoms with Crippen LogP contribution in [0.1, 0.15) is 26.7 Å². The predicted molar refractivity (Wildman–Crippen MR) is 80.8 cm³/mol. The van der Waals surface area contributed by atoms with E-state index in [9.17, 15) is 0 Å². The number of aromatic nitrogens is 2. The largest absolute Gasteiger partial charge is 0.375 e. The van der Waals surface area contributed by atoms with Crippen LogP contribution in [-0.4, -0.2) is 42.3 Å². The van der Waals surface area contributed by atoms with E-state index in [0.29, 0.717) is 6.10 Å². The van der Waals surface area contributed by atoms with Crippen LogP contribution in [0.25, 0.3) is 0 Å². The monoisotopic (exact) mass is 328 g/mol. The highest BCUT2D eigenvalue weighted by Gasteiger charge is 2.22. The Bertz CT molecular complexity index is 416. The van der Waals surface area contributed by atoms with E-state index in [2.05, 4.69) is 50.0 Å². The summed E-state index contributed by atoms with van der Waals surface area (Å²) >= 11 is 3.62. The number of morpholine rings is 1. The van der Waals surface area contributed by atoms with E-state index in [0.717, 1.165) is 55.2 Å². The minimum Gasteiger partial charge on any atom is -0.375 e. The Hall–Kier alpha value is -0.880. The van der Waals surface area contributed by atoms with Crippen LogP contribution in [0.2, 0.25) is 0 Å². The first kappa shape index (κ1) is 14.5. The number of hydrogen-bond donors (Lipinski definition) is 1. The van der Waals surface area contributed by atoms with Gasteiger partial charge in [-0.2, -0.15) is 0 Å². The van der Waals surface area contributed by atoms with Crippen LogP contribution in [0.4, 0.5) is 11.6 Å². The molecule has 0 bridgehead atoms. The predicted octanol–water partition coefficient (Wildman–Crippen LogP) is 2.68. The molecule has 1 aromatic heterocycles. The molecule has 1 aromatic rings. The maximum absolute atomic E-state index is 5.70. The van der Waals surface area contributed by atoms with E-state index < -0.39 is 0 Å². The van der Waals surface area contributed by atoms with Gasteiger partial charge < -0.3 is 15.0 Å². The average molecular weight is 329 g/mol. The molecule has 0 amide bonds. The zero-order chi connectivity index (χ0) is 13.7. The molecule has 1 aliphatic heterocycles. The SMILES string of the molecule is CCCNc1ncnc(N2CCOC(CC)C2)c1Br. The first-order chi connectivity index (χ1) is 9.26. The van der Waals surface area contributed by atoms with Crippen LogP contribution in [0.15, 0.2) is 10.8 Å². The zero-order valence-corrected chi connectivity index (χ0v) is 13.1. The van der Waals surface area contributed by atoms with Crippen molar-refractivity contribution in [3.05, 3.63) is 10.8 Å². The summed E-state index contributed by atoms with van der Waals surface area (Å²) in [6.07, 6.45) is 4.01. The molecule has 1 atom stereocenters. The highest BCUT2D eigenvalue weighted by Crippen LogP contribution is 2.30. The first-order valence-electron chi connectivity index (χ1n) is 6.87. The highest BCUT2D eigenvalue weighted by molar-refractivity contribution is 9.10. The first-order valence-corrected chi connectivity index (χ1v) is 7.66. The van der Waals surface area contributed by atoms with Crippen molar-refractivity contribution in [1.29, 1.82) is 0 Å². The Balaban J connectivity index is 2.14.